The number of aryl methyl sites for hydroxylation is 1. The van der Waals surface area contributed by atoms with E-state index in [1.807, 2.05) is 12.1 Å². The van der Waals surface area contributed by atoms with Gasteiger partial charge in [0.25, 0.3) is 0 Å². The summed E-state index contributed by atoms with van der Waals surface area (Å²) in [7, 11) is 1.48. The van der Waals surface area contributed by atoms with Gasteiger partial charge in [0.05, 0.1) is 13.3 Å². The van der Waals surface area contributed by atoms with E-state index in [1.165, 1.54) is 19.4 Å². The number of carbonyl (C=O) groups is 1. The summed E-state index contributed by atoms with van der Waals surface area (Å²) in [5.74, 6) is 0.506. The maximum Gasteiger partial charge on any atom is 0.240 e. The monoisotopic (exact) mass is 426 g/mol. The fraction of sp³-hybridized carbons (Fsp3) is 0.440. The highest BCUT2D eigenvalue weighted by atomic mass is 16.5. The molecule has 0 aliphatic carbocycles. The van der Waals surface area contributed by atoms with Crippen LogP contribution in [0.5, 0.6) is 17.2 Å². The number of rotatable bonds is 6. The van der Waals surface area contributed by atoms with Crippen molar-refractivity contribution in [3.05, 3.63) is 52.6 Å². The van der Waals surface area contributed by atoms with Crippen molar-refractivity contribution in [2.45, 2.75) is 65.2 Å². The standard InChI is InChI=1S/C25H34N2O4/c1-24(2,3)18-12-16(13-19(23(18)30)25(4,5)6)9-11-22(29)27-26-15-17-8-10-21(31-7)20(28)14-17/h8,10,12-15,28,30H,9,11H2,1-7H3,(H,27,29)/b26-15-. The molecule has 2 aromatic rings. The molecule has 31 heavy (non-hydrogen) atoms. The average Bonchev–Trinajstić information content (AvgIpc) is 2.65. The van der Waals surface area contributed by atoms with Crippen molar-refractivity contribution in [3.8, 4) is 17.2 Å². The predicted octanol–water partition coefficient (Wildman–Crippen LogP) is 4.78. The summed E-state index contributed by atoms with van der Waals surface area (Å²) in [5.41, 5.74) is 5.51. The molecule has 0 spiro atoms. The third kappa shape index (κ3) is 6.48. The minimum Gasteiger partial charge on any atom is -0.507 e. The SMILES string of the molecule is COc1ccc(/C=N\NC(=O)CCc2cc(C(C)(C)C)c(O)c(C(C)(C)C)c2)cc1O. The Kier molecular flexibility index (Phi) is 7.37. The maximum absolute atomic E-state index is 12.3. The van der Waals surface area contributed by atoms with Gasteiger partial charge >= 0.3 is 0 Å². The number of nitrogens with zero attached hydrogens (tertiary/aromatic N) is 1. The number of aromatic hydroxyl groups is 2. The number of phenolic OH excluding ortho intramolecular Hbond substituents is 2. The van der Waals surface area contributed by atoms with E-state index in [0.29, 0.717) is 23.5 Å². The Labute approximate surface area is 185 Å². The van der Waals surface area contributed by atoms with Crippen LogP contribution in [0.3, 0.4) is 0 Å². The van der Waals surface area contributed by atoms with Gasteiger partial charge < -0.3 is 14.9 Å². The molecule has 0 saturated carbocycles. The number of benzene rings is 2. The zero-order chi connectivity index (χ0) is 23.4. The Morgan fingerprint density at radius 2 is 1.61 bits per heavy atom. The molecule has 0 heterocycles. The number of methoxy groups -OCH3 is 1. The van der Waals surface area contributed by atoms with Crippen LogP contribution >= 0.6 is 0 Å². The molecule has 0 radical (unpaired) electrons. The predicted molar refractivity (Wildman–Crippen MR) is 124 cm³/mol. The number of hydrogen-bond acceptors (Lipinski definition) is 5. The van der Waals surface area contributed by atoms with E-state index >= 15 is 0 Å². The minimum absolute atomic E-state index is 0.00871. The summed E-state index contributed by atoms with van der Waals surface area (Å²) < 4.78 is 5.00. The Morgan fingerprint density at radius 3 is 2.10 bits per heavy atom. The van der Waals surface area contributed by atoms with Crippen molar-refractivity contribution >= 4 is 12.1 Å². The largest absolute Gasteiger partial charge is 0.507 e. The number of carbonyl (C=O) groups excluding carboxylic acids is 1. The van der Waals surface area contributed by atoms with Crippen molar-refractivity contribution in [2.24, 2.45) is 5.10 Å². The van der Waals surface area contributed by atoms with Gasteiger partial charge in [-0.2, -0.15) is 5.10 Å². The number of hydrazone groups is 1. The first-order valence-electron chi connectivity index (χ1n) is 10.4. The van der Waals surface area contributed by atoms with Gasteiger partial charge in [0.2, 0.25) is 5.91 Å². The molecule has 0 unspecified atom stereocenters. The Balaban J connectivity index is 2.08. The summed E-state index contributed by atoms with van der Waals surface area (Å²) >= 11 is 0. The van der Waals surface area contributed by atoms with E-state index in [1.54, 1.807) is 12.1 Å². The summed E-state index contributed by atoms with van der Waals surface area (Å²) in [4.78, 5) is 12.3. The zero-order valence-electron chi connectivity index (χ0n) is 19.5. The zero-order valence-corrected chi connectivity index (χ0v) is 19.5. The topological polar surface area (TPSA) is 91.2 Å². The quantitative estimate of drug-likeness (QED) is 0.458. The highest BCUT2D eigenvalue weighted by molar-refractivity contribution is 5.83. The molecular weight excluding hydrogens is 392 g/mol. The van der Waals surface area contributed by atoms with Crippen LogP contribution in [-0.4, -0.2) is 29.4 Å². The first kappa shape index (κ1) is 24.3. The molecule has 2 rings (SSSR count). The normalized spacial score (nSPS) is 12.2. The molecule has 0 atom stereocenters. The Hall–Kier alpha value is -3.02. The van der Waals surface area contributed by atoms with Crippen LogP contribution in [0.2, 0.25) is 0 Å². The van der Waals surface area contributed by atoms with E-state index in [-0.39, 0.29) is 28.9 Å². The molecule has 0 saturated heterocycles. The molecule has 168 valence electrons. The molecule has 1 amide bonds. The second-order valence-electron chi connectivity index (χ2n) is 9.76. The van der Waals surface area contributed by atoms with Crippen molar-refractivity contribution in [1.82, 2.24) is 5.43 Å². The molecular formula is C25H34N2O4. The van der Waals surface area contributed by atoms with Crippen LogP contribution in [0, 0.1) is 0 Å². The van der Waals surface area contributed by atoms with Gasteiger partial charge in [-0.05, 0) is 57.7 Å². The average molecular weight is 427 g/mol. The van der Waals surface area contributed by atoms with E-state index in [0.717, 1.165) is 16.7 Å². The molecule has 6 nitrogen and oxygen atoms in total. The van der Waals surface area contributed by atoms with Crippen LogP contribution in [0.4, 0.5) is 0 Å². The molecule has 0 aromatic heterocycles. The van der Waals surface area contributed by atoms with E-state index in [9.17, 15) is 15.0 Å². The van der Waals surface area contributed by atoms with Gasteiger partial charge in [-0.3, -0.25) is 4.79 Å². The molecule has 0 fully saturated rings. The number of ether oxygens (including phenoxy) is 1. The molecule has 0 aliphatic rings. The lowest BCUT2D eigenvalue weighted by Crippen LogP contribution is -2.20. The highest BCUT2D eigenvalue weighted by Crippen LogP contribution is 2.40. The third-order valence-corrected chi connectivity index (χ3v) is 5.03. The van der Waals surface area contributed by atoms with Crippen LogP contribution in [0.15, 0.2) is 35.4 Å². The summed E-state index contributed by atoms with van der Waals surface area (Å²) in [6, 6.07) is 8.84. The lowest BCUT2D eigenvalue weighted by atomic mass is 9.78. The molecule has 3 N–H and O–H groups in total. The van der Waals surface area contributed by atoms with Gasteiger partial charge in [-0.25, -0.2) is 5.43 Å². The van der Waals surface area contributed by atoms with Gasteiger partial charge in [0.15, 0.2) is 11.5 Å². The van der Waals surface area contributed by atoms with Crippen LogP contribution < -0.4 is 10.2 Å². The van der Waals surface area contributed by atoms with E-state index < -0.39 is 0 Å². The minimum atomic E-state index is -0.212. The van der Waals surface area contributed by atoms with Crippen molar-refractivity contribution < 1.29 is 19.7 Å². The van der Waals surface area contributed by atoms with Gasteiger partial charge in [-0.1, -0.05) is 53.7 Å². The first-order chi connectivity index (χ1) is 14.3. The Bertz CT molecular complexity index is 931. The van der Waals surface area contributed by atoms with Crippen molar-refractivity contribution in [1.29, 1.82) is 0 Å². The number of nitrogens with one attached hydrogen (secondary N) is 1. The lowest BCUT2D eigenvalue weighted by Gasteiger charge is -2.28. The summed E-state index contributed by atoms with van der Waals surface area (Å²) in [5, 5.41) is 24.6. The molecule has 2 aromatic carbocycles. The van der Waals surface area contributed by atoms with Crippen LogP contribution in [0.1, 0.15) is 70.2 Å². The van der Waals surface area contributed by atoms with Gasteiger partial charge in [-0.15, -0.1) is 0 Å². The van der Waals surface area contributed by atoms with E-state index in [2.05, 4.69) is 52.1 Å². The number of phenols is 2. The van der Waals surface area contributed by atoms with Crippen molar-refractivity contribution in [3.63, 3.8) is 0 Å². The number of hydrogen-bond donors (Lipinski definition) is 3. The first-order valence-corrected chi connectivity index (χ1v) is 10.4. The second-order valence-corrected chi connectivity index (χ2v) is 9.76. The fourth-order valence-electron chi connectivity index (χ4n) is 3.26. The van der Waals surface area contributed by atoms with Crippen LogP contribution in [-0.2, 0) is 22.0 Å². The second kappa shape index (κ2) is 9.41. The molecule has 0 bridgehead atoms. The summed E-state index contributed by atoms with van der Waals surface area (Å²) in [6.07, 6.45) is 2.27. The third-order valence-electron chi connectivity index (χ3n) is 5.03. The number of amides is 1. The molecule has 0 aliphatic heterocycles. The van der Waals surface area contributed by atoms with Gasteiger partial charge in [0, 0.05) is 6.42 Å². The van der Waals surface area contributed by atoms with Gasteiger partial charge in [0.1, 0.15) is 5.75 Å². The maximum atomic E-state index is 12.3. The van der Waals surface area contributed by atoms with Crippen LogP contribution in [0.25, 0.3) is 0 Å². The Morgan fingerprint density at radius 1 is 1.03 bits per heavy atom. The smallest absolute Gasteiger partial charge is 0.240 e. The fourth-order valence-corrected chi connectivity index (χ4v) is 3.26. The molecule has 6 heteroatoms. The summed E-state index contributed by atoms with van der Waals surface area (Å²) in [6.45, 7) is 12.4. The van der Waals surface area contributed by atoms with E-state index in [4.69, 9.17) is 4.74 Å². The highest BCUT2D eigenvalue weighted by Gasteiger charge is 2.26. The van der Waals surface area contributed by atoms with Crippen molar-refractivity contribution in [2.75, 3.05) is 7.11 Å². The lowest BCUT2D eigenvalue weighted by molar-refractivity contribution is -0.121.